The van der Waals surface area contributed by atoms with Gasteiger partial charge in [0.25, 0.3) is 0 Å². The maximum atomic E-state index is 13.8. The molecule has 0 saturated heterocycles. The van der Waals surface area contributed by atoms with Crippen molar-refractivity contribution in [3.63, 3.8) is 0 Å². The standard InChI is InChI=1S/C21H18FNO2/c22-17-10-11-18(16(12-17)7-6-14-4-2-1-3-5-14)20(24)19-13-23-25-21(19)15-8-9-15/h1-5,10-13,15H,6-9H2. The van der Waals surface area contributed by atoms with E-state index in [0.29, 0.717) is 29.2 Å². The molecule has 3 aromatic rings. The van der Waals surface area contributed by atoms with E-state index in [1.807, 2.05) is 30.3 Å². The van der Waals surface area contributed by atoms with Gasteiger partial charge in [0.1, 0.15) is 5.82 Å². The van der Waals surface area contributed by atoms with Crippen LogP contribution in [0.5, 0.6) is 0 Å². The van der Waals surface area contributed by atoms with E-state index in [0.717, 1.165) is 30.4 Å². The van der Waals surface area contributed by atoms with Crippen molar-refractivity contribution in [1.82, 2.24) is 5.16 Å². The molecule has 1 aliphatic rings. The molecule has 1 aromatic heterocycles. The predicted octanol–water partition coefficient (Wildman–Crippen LogP) is 4.71. The average molecular weight is 335 g/mol. The van der Waals surface area contributed by atoms with E-state index in [2.05, 4.69) is 5.16 Å². The Hall–Kier alpha value is -2.75. The normalized spacial score (nSPS) is 13.8. The van der Waals surface area contributed by atoms with Crippen LogP contribution in [0.2, 0.25) is 0 Å². The summed E-state index contributed by atoms with van der Waals surface area (Å²) in [5, 5.41) is 3.80. The smallest absolute Gasteiger partial charge is 0.198 e. The van der Waals surface area contributed by atoms with Crippen molar-refractivity contribution in [2.45, 2.75) is 31.6 Å². The highest BCUT2D eigenvalue weighted by atomic mass is 19.1. The van der Waals surface area contributed by atoms with Crippen LogP contribution in [0.3, 0.4) is 0 Å². The molecule has 1 saturated carbocycles. The van der Waals surface area contributed by atoms with Crippen molar-refractivity contribution in [3.8, 4) is 0 Å². The van der Waals surface area contributed by atoms with Gasteiger partial charge in [-0.05, 0) is 55.0 Å². The number of carbonyl (C=O) groups excluding carboxylic acids is 1. The maximum absolute atomic E-state index is 13.8. The number of aromatic nitrogens is 1. The van der Waals surface area contributed by atoms with Gasteiger partial charge in [0.2, 0.25) is 0 Å². The second-order valence-corrected chi connectivity index (χ2v) is 6.49. The number of hydrogen-bond acceptors (Lipinski definition) is 3. The van der Waals surface area contributed by atoms with Gasteiger partial charge < -0.3 is 4.52 Å². The molecule has 0 amide bonds. The second-order valence-electron chi connectivity index (χ2n) is 6.49. The molecule has 0 spiro atoms. The van der Waals surface area contributed by atoms with Crippen molar-refractivity contribution >= 4 is 5.78 Å². The molecule has 3 nitrogen and oxygen atoms in total. The number of aryl methyl sites for hydroxylation is 2. The number of halogens is 1. The third-order valence-corrected chi connectivity index (χ3v) is 4.63. The van der Waals surface area contributed by atoms with E-state index in [9.17, 15) is 9.18 Å². The van der Waals surface area contributed by atoms with Crippen molar-refractivity contribution < 1.29 is 13.7 Å². The molecule has 0 unspecified atom stereocenters. The van der Waals surface area contributed by atoms with Crippen molar-refractivity contribution in [2.75, 3.05) is 0 Å². The van der Waals surface area contributed by atoms with Crippen LogP contribution in [-0.4, -0.2) is 10.9 Å². The monoisotopic (exact) mass is 335 g/mol. The number of rotatable bonds is 6. The number of ketones is 1. The molecule has 0 N–H and O–H groups in total. The summed E-state index contributed by atoms with van der Waals surface area (Å²) < 4.78 is 19.0. The first-order valence-corrected chi connectivity index (χ1v) is 8.54. The fourth-order valence-electron chi connectivity index (χ4n) is 3.12. The van der Waals surface area contributed by atoms with E-state index >= 15 is 0 Å². The SMILES string of the molecule is O=C(c1ccc(F)cc1CCc1ccccc1)c1cnoc1C1CC1. The van der Waals surface area contributed by atoms with Crippen LogP contribution in [0.25, 0.3) is 0 Å². The maximum Gasteiger partial charge on any atom is 0.198 e. The van der Waals surface area contributed by atoms with Crippen LogP contribution < -0.4 is 0 Å². The summed E-state index contributed by atoms with van der Waals surface area (Å²) in [6.45, 7) is 0. The van der Waals surface area contributed by atoms with Crippen LogP contribution in [0.4, 0.5) is 4.39 Å². The molecule has 0 atom stereocenters. The zero-order chi connectivity index (χ0) is 17.2. The van der Waals surface area contributed by atoms with Gasteiger partial charge >= 0.3 is 0 Å². The van der Waals surface area contributed by atoms with Gasteiger partial charge in [-0.3, -0.25) is 4.79 Å². The van der Waals surface area contributed by atoms with E-state index in [-0.39, 0.29) is 11.6 Å². The lowest BCUT2D eigenvalue weighted by Crippen LogP contribution is -2.08. The highest BCUT2D eigenvalue weighted by molar-refractivity contribution is 6.10. The lowest BCUT2D eigenvalue weighted by molar-refractivity contribution is 0.103. The molecule has 0 aliphatic heterocycles. The van der Waals surface area contributed by atoms with Crippen molar-refractivity contribution in [2.24, 2.45) is 0 Å². The Labute approximate surface area is 145 Å². The first-order chi connectivity index (χ1) is 12.2. The molecule has 1 fully saturated rings. The summed E-state index contributed by atoms with van der Waals surface area (Å²) in [5.41, 5.74) is 2.92. The molecular formula is C21H18FNO2. The molecule has 0 bridgehead atoms. The summed E-state index contributed by atoms with van der Waals surface area (Å²) in [6, 6.07) is 14.4. The minimum absolute atomic E-state index is 0.133. The number of nitrogens with zero attached hydrogens (tertiary/aromatic N) is 1. The van der Waals surface area contributed by atoms with Crippen LogP contribution in [-0.2, 0) is 12.8 Å². The molecule has 1 aliphatic carbocycles. The number of hydrogen-bond donors (Lipinski definition) is 0. The van der Waals surface area contributed by atoms with Gasteiger partial charge in [-0.1, -0.05) is 35.5 Å². The van der Waals surface area contributed by atoms with E-state index in [1.54, 1.807) is 6.07 Å². The first-order valence-electron chi connectivity index (χ1n) is 8.54. The molecule has 25 heavy (non-hydrogen) atoms. The Morgan fingerprint density at radius 2 is 1.88 bits per heavy atom. The Morgan fingerprint density at radius 1 is 1.08 bits per heavy atom. The summed E-state index contributed by atoms with van der Waals surface area (Å²) in [4.78, 5) is 13.0. The molecule has 4 heteroatoms. The average Bonchev–Trinajstić information content (AvgIpc) is 3.37. The zero-order valence-electron chi connectivity index (χ0n) is 13.7. The Morgan fingerprint density at radius 3 is 2.64 bits per heavy atom. The largest absolute Gasteiger partial charge is 0.360 e. The van der Waals surface area contributed by atoms with E-state index in [1.165, 1.54) is 18.3 Å². The highest BCUT2D eigenvalue weighted by Crippen LogP contribution is 2.42. The van der Waals surface area contributed by atoms with Crippen molar-refractivity contribution in [1.29, 1.82) is 0 Å². The van der Waals surface area contributed by atoms with E-state index < -0.39 is 0 Å². The van der Waals surface area contributed by atoms with Gasteiger partial charge in [0.15, 0.2) is 11.5 Å². The van der Waals surface area contributed by atoms with Crippen LogP contribution >= 0.6 is 0 Å². The molecule has 2 aromatic carbocycles. The summed E-state index contributed by atoms with van der Waals surface area (Å²) in [6.07, 6.45) is 4.90. The quantitative estimate of drug-likeness (QED) is 0.613. The third-order valence-electron chi connectivity index (χ3n) is 4.63. The van der Waals surface area contributed by atoms with Gasteiger partial charge in [0, 0.05) is 11.5 Å². The Balaban J connectivity index is 1.62. The second kappa shape index (κ2) is 6.63. The van der Waals surface area contributed by atoms with Crippen LogP contribution in [0.1, 0.15) is 51.6 Å². The fourth-order valence-corrected chi connectivity index (χ4v) is 3.12. The molecule has 0 radical (unpaired) electrons. The lowest BCUT2D eigenvalue weighted by Gasteiger charge is -2.09. The van der Waals surface area contributed by atoms with Crippen LogP contribution in [0, 0.1) is 5.82 Å². The summed E-state index contributed by atoms with van der Waals surface area (Å²) >= 11 is 0. The molecule has 4 rings (SSSR count). The third kappa shape index (κ3) is 3.38. The number of carbonyl (C=O) groups is 1. The van der Waals surface area contributed by atoms with Crippen molar-refractivity contribution in [3.05, 3.63) is 88.6 Å². The summed E-state index contributed by atoms with van der Waals surface area (Å²) in [5.74, 6) is 0.511. The highest BCUT2D eigenvalue weighted by Gasteiger charge is 2.33. The summed E-state index contributed by atoms with van der Waals surface area (Å²) in [7, 11) is 0. The lowest BCUT2D eigenvalue weighted by atomic mass is 9.94. The minimum atomic E-state index is -0.327. The molecule has 126 valence electrons. The Kier molecular flexibility index (Phi) is 4.18. The Bertz CT molecular complexity index is 897. The zero-order valence-corrected chi connectivity index (χ0v) is 13.7. The van der Waals surface area contributed by atoms with Gasteiger partial charge in [0.05, 0.1) is 11.8 Å². The molecule has 1 heterocycles. The first kappa shape index (κ1) is 15.8. The van der Waals surface area contributed by atoms with E-state index in [4.69, 9.17) is 4.52 Å². The van der Waals surface area contributed by atoms with Gasteiger partial charge in [-0.2, -0.15) is 0 Å². The van der Waals surface area contributed by atoms with Gasteiger partial charge in [-0.15, -0.1) is 0 Å². The minimum Gasteiger partial charge on any atom is -0.360 e. The topological polar surface area (TPSA) is 43.1 Å². The van der Waals surface area contributed by atoms with Gasteiger partial charge in [-0.25, -0.2) is 4.39 Å². The molecular weight excluding hydrogens is 317 g/mol. The van der Waals surface area contributed by atoms with Crippen LogP contribution in [0.15, 0.2) is 59.3 Å². The number of benzene rings is 2. The fraction of sp³-hybridized carbons (Fsp3) is 0.238. The predicted molar refractivity (Wildman–Crippen MR) is 92.2 cm³/mol.